The van der Waals surface area contributed by atoms with E-state index in [1.54, 1.807) is 42.7 Å². The zero-order chi connectivity index (χ0) is 17.8. The lowest BCUT2D eigenvalue weighted by atomic mass is 10.1. The predicted octanol–water partition coefficient (Wildman–Crippen LogP) is 2.79. The summed E-state index contributed by atoms with van der Waals surface area (Å²) in [5.74, 6) is -0.880. The minimum absolute atomic E-state index is 0.113. The van der Waals surface area contributed by atoms with Gasteiger partial charge in [-0.1, -0.05) is 23.7 Å². The number of methoxy groups -OCH3 is 1. The molecule has 1 aromatic carbocycles. The number of nitrogens with zero attached hydrogens (tertiary/aromatic N) is 1. The van der Waals surface area contributed by atoms with E-state index in [2.05, 4.69) is 15.3 Å². The Balaban J connectivity index is 1.78. The standard InChI is InChI=1S/C18H16ClN3O3/c1-25-18(24)17(14-4-2-3-7-20-14)22-16(23)8-11-10-21-15-9-12(19)5-6-13(11)15/h2-7,9-10,17,21H,8H2,1H3,(H,22,23)/t17-/m1/s1. The number of amides is 1. The summed E-state index contributed by atoms with van der Waals surface area (Å²) in [4.78, 5) is 31.6. The first-order valence-corrected chi connectivity index (χ1v) is 8.00. The van der Waals surface area contributed by atoms with E-state index in [4.69, 9.17) is 16.3 Å². The molecule has 0 radical (unpaired) electrons. The van der Waals surface area contributed by atoms with Crippen LogP contribution in [-0.2, 0) is 20.7 Å². The van der Waals surface area contributed by atoms with Crippen molar-refractivity contribution in [1.82, 2.24) is 15.3 Å². The Morgan fingerprint density at radius 1 is 1.32 bits per heavy atom. The van der Waals surface area contributed by atoms with Gasteiger partial charge in [0.15, 0.2) is 6.04 Å². The van der Waals surface area contributed by atoms with Crippen LogP contribution in [0.15, 0.2) is 48.8 Å². The van der Waals surface area contributed by atoms with Crippen molar-refractivity contribution in [2.75, 3.05) is 7.11 Å². The summed E-state index contributed by atoms with van der Waals surface area (Å²) in [6.45, 7) is 0. The number of halogens is 1. The van der Waals surface area contributed by atoms with Crippen LogP contribution in [0.5, 0.6) is 0 Å². The van der Waals surface area contributed by atoms with Gasteiger partial charge in [-0.05, 0) is 29.8 Å². The van der Waals surface area contributed by atoms with E-state index in [9.17, 15) is 9.59 Å². The van der Waals surface area contributed by atoms with Gasteiger partial charge >= 0.3 is 5.97 Å². The zero-order valence-corrected chi connectivity index (χ0v) is 14.2. The van der Waals surface area contributed by atoms with Gasteiger partial charge in [-0.2, -0.15) is 0 Å². The van der Waals surface area contributed by atoms with E-state index in [0.29, 0.717) is 10.7 Å². The number of aromatic amines is 1. The summed E-state index contributed by atoms with van der Waals surface area (Å²) < 4.78 is 4.77. The Morgan fingerprint density at radius 3 is 2.88 bits per heavy atom. The first-order chi connectivity index (χ1) is 12.1. The summed E-state index contributed by atoms with van der Waals surface area (Å²) in [5, 5.41) is 4.21. The molecule has 7 heteroatoms. The van der Waals surface area contributed by atoms with Gasteiger partial charge < -0.3 is 15.0 Å². The Labute approximate surface area is 149 Å². The lowest BCUT2D eigenvalue weighted by Gasteiger charge is -2.15. The molecular formula is C18H16ClN3O3. The van der Waals surface area contributed by atoms with Crippen LogP contribution in [0.3, 0.4) is 0 Å². The number of fused-ring (bicyclic) bond motifs is 1. The highest BCUT2D eigenvalue weighted by Crippen LogP contribution is 2.22. The Kier molecular flexibility index (Phi) is 5.00. The molecule has 0 aliphatic carbocycles. The van der Waals surface area contributed by atoms with Crippen molar-refractivity contribution in [3.05, 3.63) is 65.1 Å². The molecule has 0 aliphatic rings. The predicted molar refractivity (Wildman–Crippen MR) is 94.1 cm³/mol. The van der Waals surface area contributed by atoms with Crippen LogP contribution in [0.2, 0.25) is 5.02 Å². The number of rotatable bonds is 5. The zero-order valence-electron chi connectivity index (χ0n) is 13.5. The van der Waals surface area contributed by atoms with E-state index in [-0.39, 0.29) is 12.3 Å². The molecule has 1 atom stereocenters. The van der Waals surface area contributed by atoms with Gasteiger partial charge in [0.25, 0.3) is 0 Å². The highest BCUT2D eigenvalue weighted by atomic mass is 35.5. The highest BCUT2D eigenvalue weighted by molar-refractivity contribution is 6.31. The Hall–Kier alpha value is -2.86. The molecule has 0 spiro atoms. The molecule has 2 N–H and O–H groups in total. The van der Waals surface area contributed by atoms with Crippen molar-refractivity contribution in [1.29, 1.82) is 0 Å². The normalized spacial score (nSPS) is 11.9. The van der Waals surface area contributed by atoms with E-state index in [0.717, 1.165) is 16.5 Å². The molecule has 0 aliphatic heterocycles. The maximum Gasteiger partial charge on any atom is 0.334 e. The second-order valence-corrected chi connectivity index (χ2v) is 5.90. The number of hydrogen-bond acceptors (Lipinski definition) is 4. The molecule has 128 valence electrons. The van der Waals surface area contributed by atoms with Gasteiger partial charge in [0, 0.05) is 28.3 Å². The molecule has 2 heterocycles. The Morgan fingerprint density at radius 2 is 2.16 bits per heavy atom. The highest BCUT2D eigenvalue weighted by Gasteiger charge is 2.25. The number of carbonyl (C=O) groups excluding carboxylic acids is 2. The topological polar surface area (TPSA) is 84.1 Å². The lowest BCUT2D eigenvalue weighted by molar-refractivity contribution is -0.145. The fourth-order valence-corrected chi connectivity index (χ4v) is 2.78. The summed E-state index contributed by atoms with van der Waals surface area (Å²) in [6, 6.07) is 9.61. The molecule has 0 bridgehead atoms. The van der Waals surface area contributed by atoms with Crippen molar-refractivity contribution in [3.8, 4) is 0 Å². The molecule has 2 aromatic heterocycles. The third-order valence-corrected chi connectivity index (χ3v) is 4.04. The number of benzene rings is 1. The van der Waals surface area contributed by atoms with Gasteiger partial charge in [0.2, 0.25) is 5.91 Å². The first kappa shape index (κ1) is 17.0. The minimum Gasteiger partial charge on any atom is -0.467 e. The molecule has 3 aromatic rings. The van der Waals surface area contributed by atoms with Crippen LogP contribution >= 0.6 is 11.6 Å². The molecule has 3 rings (SSSR count). The van der Waals surface area contributed by atoms with Crippen LogP contribution in [0.25, 0.3) is 10.9 Å². The summed E-state index contributed by atoms with van der Waals surface area (Å²) in [5.41, 5.74) is 2.09. The number of carbonyl (C=O) groups is 2. The molecular weight excluding hydrogens is 342 g/mol. The largest absolute Gasteiger partial charge is 0.467 e. The second kappa shape index (κ2) is 7.36. The van der Waals surface area contributed by atoms with E-state index >= 15 is 0 Å². The van der Waals surface area contributed by atoms with Gasteiger partial charge in [-0.3, -0.25) is 9.78 Å². The molecule has 25 heavy (non-hydrogen) atoms. The maximum absolute atomic E-state index is 12.4. The number of nitrogens with one attached hydrogen (secondary N) is 2. The molecule has 6 nitrogen and oxygen atoms in total. The molecule has 0 unspecified atom stereocenters. The summed E-state index contributed by atoms with van der Waals surface area (Å²) in [7, 11) is 1.27. The third kappa shape index (κ3) is 3.80. The average molecular weight is 358 g/mol. The minimum atomic E-state index is -0.946. The van der Waals surface area contributed by atoms with Gasteiger partial charge in [0.1, 0.15) is 0 Å². The smallest absolute Gasteiger partial charge is 0.334 e. The van der Waals surface area contributed by atoms with Crippen LogP contribution < -0.4 is 5.32 Å². The van der Waals surface area contributed by atoms with Gasteiger partial charge in [0.05, 0.1) is 19.2 Å². The Bertz CT molecular complexity index is 908. The number of hydrogen-bond donors (Lipinski definition) is 2. The summed E-state index contributed by atoms with van der Waals surface area (Å²) >= 11 is 5.96. The molecule has 0 fully saturated rings. The van der Waals surface area contributed by atoms with Crippen molar-refractivity contribution >= 4 is 34.4 Å². The van der Waals surface area contributed by atoms with Crippen molar-refractivity contribution in [2.45, 2.75) is 12.5 Å². The lowest BCUT2D eigenvalue weighted by Crippen LogP contribution is -2.35. The van der Waals surface area contributed by atoms with Crippen molar-refractivity contribution in [2.24, 2.45) is 0 Å². The SMILES string of the molecule is COC(=O)[C@H](NC(=O)Cc1c[nH]c2cc(Cl)ccc12)c1ccccn1. The van der Waals surface area contributed by atoms with E-state index in [1.807, 2.05) is 6.07 Å². The van der Waals surface area contributed by atoms with Crippen molar-refractivity contribution in [3.63, 3.8) is 0 Å². The van der Waals surface area contributed by atoms with Gasteiger partial charge in [-0.15, -0.1) is 0 Å². The number of pyridine rings is 1. The molecule has 1 amide bonds. The number of H-pyrrole nitrogens is 1. The monoisotopic (exact) mass is 357 g/mol. The maximum atomic E-state index is 12.4. The first-order valence-electron chi connectivity index (χ1n) is 7.62. The second-order valence-electron chi connectivity index (χ2n) is 5.46. The summed E-state index contributed by atoms with van der Waals surface area (Å²) in [6.07, 6.45) is 3.43. The number of aromatic nitrogens is 2. The fourth-order valence-electron chi connectivity index (χ4n) is 2.61. The van der Waals surface area contributed by atoms with E-state index < -0.39 is 12.0 Å². The van der Waals surface area contributed by atoms with Crippen molar-refractivity contribution < 1.29 is 14.3 Å². The van der Waals surface area contributed by atoms with Crippen LogP contribution in [0, 0.1) is 0 Å². The number of ether oxygens (including phenoxy) is 1. The third-order valence-electron chi connectivity index (χ3n) is 3.81. The molecule has 0 saturated heterocycles. The fraction of sp³-hybridized carbons (Fsp3) is 0.167. The molecule has 0 saturated carbocycles. The number of esters is 1. The van der Waals surface area contributed by atoms with Crippen LogP contribution in [-0.4, -0.2) is 29.0 Å². The van der Waals surface area contributed by atoms with E-state index in [1.165, 1.54) is 7.11 Å². The van der Waals surface area contributed by atoms with Crippen LogP contribution in [0.4, 0.5) is 0 Å². The van der Waals surface area contributed by atoms with Crippen LogP contribution in [0.1, 0.15) is 17.3 Å². The average Bonchev–Trinajstić information content (AvgIpc) is 3.01. The quantitative estimate of drug-likeness (QED) is 0.688. The van der Waals surface area contributed by atoms with Gasteiger partial charge in [-0.25, -0.2) is 4.79 Å².